The van der Waals surface area contributed by atoms with Gasteiger partial charge in [0.2, 0.25) is 0 Å². The summed E-state index contributed by atoms with van der Waals surface area (Å²) >= 11 is 0. The number of aromatic amines is 1. The molecule has 0 aromatic carbocycles. The van der Waals surface area contributed by atoms with E-state index < -0.39 is 0 Å². The van der Waals surface area contributed by atoms with Gasteiger partial charge in [0.1, 0.15) is 5.69 Å². The number of rotatable bonds is 1. The number of H-pyrrole nitrogens is 1. The molecule has 0 bridgehead atoms. The van der Waals surface area contributed by atoms with Gasteiger partial charge in [-0.2, -0.15) is 0 Å². The number of nitrogens with one attached hydrogen (secondary N) is 1. The van der Waals surface area contributed by atoms with Gasteiger partial charge < -0.3 is 10.7 Å². The van der Waals surface area contributed by atoms with Crippen LogP contribution in [0.1, 0.15) is 5.69 Å². The monoisotopic (exact) mass is 174 g/mol. The van der Waals surface area contributed by atoms with Crippen molar-refractivity contribution in [2.75, 3.05) is 5.73 Å². The zero-order valence-electron chi connectivity index (χ0n) is 7.28. The van der Waals surface area contributed by atoms with Crippen LogP contribution in [-0.2, 0) is 0 Å². The molecule has 0 saturated heterocycles. The molecule has 3 N–H and O–H groups in total. The minimum atomic E-state index is 0.664. The lowest BCUT2D eigenvalue weighted by atomic mass is 10.2. The minimum absolute atomic E-state index is 0.664. The summed E-state index contributed by atoms with van der Waals surface area (Å²) in [6.07, 6.45) is 3.28. The molecular weight excluding hydrogens is 164 g/mol. The number of pyridine rings is 1. The molecule has 0 aliphatic heterocycles. The Morgan fingerprint density at radius 1 is 1.31 bits per heavy atom. The van der Waals surface area contributed by atoms with E-state index in [1.54, 1.807) is 12.5 Å². The first-order valence-corrected chi connectivity index (χ1v) is 3.99. The molecule has 4 heteroatoms. The molecule has 2 rings (SSSR count). The number of aryl methyl sites for hydroxylation is 1. The number of aromatic nitrogens is 3. The van der Waals surface area contributed by atoms with Gasteiger partial charge in [-0.1, -0.05) is 0 Å². The predicted octanol–water partition coefficient (Wildman–Crippen LogP) is 1.36. The maximum Gasteiger partial charge on any atom is 0.109 e. The van der Waals surface area contributed by atoms with Crippen LogP contribution in [0.5, 0.6) is 0 Å². The molecule has 0 atom stereocenters. The lowest BCUT2D eigenvalue weighted by Crippen LogP contribution is -1.89. The van der Waals surface area contributed by atoms with Gasteiger partial charge in [-0.05, 0) is 19.1 Å². The van der Waals surface area contributed by atoms with E-state index in [1.807, 2.05) is 19.1 Å². The standard InChI is InChI=1S/C9H10N4/c1-6-9(13-5-12-6)8-3-2-7(10)4-11-8/h2-5H,10H2,1H3,(H,12,13). The van der Waals surface area contributed by atoms with Gasteiger partial charge in [-0.25, -0.2) is 4.98 Å². The van der Waals surface area contributed by atoms with Crippen LogP contribution in [0, 0.1) is 6.92 Å². The van der Waals surface area contributed by atoms with Gasteiger partial charge in [-0.3, -0.25) is 4.98 Å². The highest BCUT2D eigenvalue weighted by Crippen LogP contribution is 2.17. The molecule has 0 spiro atoms. The Morgan fingerprint density at radius 2 is 2.15 bits per heavy atom. The van der Waals surface area contributed by atoms with Gasteiger partial charge in [0.15, 0.2) is 0 Å². The van der Waals surface area contributed by atoms with Crippen LogP contribution in [-0.4, -0.2) is 15.0 Å². The molecule has 0 radical (unpaired) electrons. The minimum Gasteiger partial charge on any atom is -0.397 e. The zero-order valence-corrected chi connectivity index (χ0v) is 7.28. The van der Waals surface area contributed by atoms with E-state index in [9.17, 15) is 0 Å². The fourth-order valence-electron chi connectivity index (χ4n) is 1.16. The van der Waals surface area contributed by atoms with Crippen molar-refractivity contribution in [2.24, 2.45) is 0 Å². The highest BCUT2D eigenvalue weighted by molar-refractivity contribution is 5.58. The lowest BCUT2D eigenvalue weighted by molar-refractivity contribution is 1.25. The largest absolute Gasteiger partial charge is 0.397 e. The second-order valence-corrected chi connectivity index (χ2v) is 2.85. The molecule has 0 saturated carbocycles. The van der Waals surface area contributed by atoms with Crippen molar-refractivity contribution in [3.05, 3.63) is 30.4 Å². The summed E-state index contributed by atoms with van der Waals surface area (Å²) in [6.45, 7) is 1.96. The fourth-order valence-corrected chi connectivity index (χ4v) is 1.16. The first kappa shape index (κ1) is 7.79. The third-order valence-electron chi connectivity index (χ3n) is 1.86. The molecule has 0 unspecified atom stereocenters. The van der Waals surface area contributed by atoms with Crippen molar-refractivity contribution in [3.63, 3.8) is 0 Å². The van der Waals surface area contributed by atoms with E-state index in [-0.39, 0.29) is 0 Å². The summed E-state index contributed by atoms with van der Waals surface area (Å²) in [5.74, 6) is 0. The van der Waals surface area contributed by atoms with Crippen molar-refractivity contribution < 1.29 is 0 Å². The number of nitrogens with two attached hydrogens (primary N) is 1. The van der Waals surface area contributed by atoms with Gasteiger partial charge in [-0.15, -0.1) is 0 Å². The van der Waals surface area contributed by atoms with Crippen molar-refractivity contribution in [2.45, 2.75) is 6.92 Å². The van der Waals surface area contributed by atoms with E-state index in [2.05, 4.69) is 15.0 Å². The molecule has 0 fully saturated rings. The summed E-state index contributed by atoms with van der Waals surface area (Å²) in [5, 5.41) is 0. The van der Waals surface area contributed by atoms with E-state index >= 15 is 0 Å². The summed E-state index contributed by atoms with van der Waals surface area (Å²) < 4.78 is 0. The van der Waals surface area contributed by atoms with Crippen molar-refractivity contribution in [3.8, 4) is 11.4 Å². The zero-order chi connectivity index (χ0) is 9.26. The normalized spacial score (nSPS) is 10.2. The van der Waals surface area contributed by atoms with Crippen LogP contribution in [0.3, 0.4) is 0 Å². The predicted molar refractivity (Wildman–Crippen MR) is 51.0 cm³/mol. The van der Waals surface area contributed by atoms with Crippen molar-refractivity contribution in [1.82, 2.24) is 15.0 Å². The van der Waals surface area contributed by atoms with E-state index in [0.717, 1.165) is 17.1 Å². The topological polar surface area (TPSA) is 67.6 Å². The first-order chi connectivity index (χ1) is 6.27. The van der Waals surface area contributed by atoms with E-state index in [4.69, 9.17) is 5.73 Å². The molecule has 13 heavy (non-hydrogen) atoms. The van der Waals surface area contributed by atoms with Gasteiger partial charge in [0.05, 0.1) is 23.9 Å². The molecule has 0 amide bonds. The molecule has 2 heterocycles. The smallest absolute Gasteiger partial charge is 0.109 e. The second kappa shape index (κ2) is 2.90. The fraction of sp³-hybridized carbons (Fsp3) is 0.111. The molecule has 66 valence electrons. The molecule has 2 aromatic rings. The molecular formula is C9H10N4. The van der Waals surface area contributed by atoms with Crippen molar-refractivity contribution in [1.29, 1.82) is 0 Å². The quantitative estimate of drug-likeness (QED) is 0.686. The number of nitrogens with zero attached hydrogens (tertiary/aromatic N) is 2. The summed E-state index contributed by atoms with van der Waals surface area (Å²) in [6, 6.07) is 3.68. The maximum absolute atomic E-state index is 5.53. The summed E-state index contributed by atoms with van der Waals surface area (Å²) in [5.41, 5.74) is 8.92. The molecule has 4 nitrogen and oxygen atoms in total. The van der Waals surface area contributed by atoms with Gasteiger partial charge in [0.25, 0.3) is 0 Å². The molecule has 0 aliphatic rings. The Morgan fingerprint density at radius 3 is 2.69 bits per heavy atom. The van der Waals surface area contributed by atoms with Crippen molar-refractivity contribution >= 4 is 5.69 Å². The summed E-state index contributed by atoms with van der Waals surface area (Å²) in [7, 11) is 0. The highest BCUT2D eigenvalue weighted by Gasteiger charge is 2.04. The molecule has 0 aliphatic carbocycles. The second-order valence-electron chi connectivity index (χ2n) is 2.85. The number of nitrogen functional groups attached to an aromatic ring is 1. The average Bonchev–Trinajstić information content (AvgIpc) is 2.53. The lowest BCUT2D eigenvalue weighted by Gasteiger charge is -1.97. The van der Waals surface area contributed by atoms with Crippen LogP contribution < -0.4 is 5.73 Å². The van der Waals surface area contributed by atoms with E-state index in [1.165, 1.54) is 0 Å². The number of hydrogen-bond acceptors (Lipinski definition) is 3. The molecule has 2 aromatic heterocycles. The Kier molecular flexibility index (Phi) is 1.73. The Balaban J connectivity index is 2.47. The first-order valence-electron chi connectivity index (χ1n) is 3.99. The van der Waals surface area contributed by atoms with Crippen LogP contribution in [0.25, 0.3) is 11.4 Å². The van der Waals surface area contributed by atoms with Crippen LogP contribution in [0.15, 0.2) is 24.7 Å². The third kappa shape index (κ3) is 1.38. The number of hydrogen-bond donors (Lipinski definition) is 2. The number of imidazole rings is 1. The number of anilines is 1. The maximum atomic E-state index is 5.53. The van der Waals surface area contributed by atoms with E-state index in [0.29, 0.717) is 5.69 Å². The Bertz CT molecular complexity index is 402. The van der Waals surface area contributed by atoms with Crippen LogP contribution in [0.2, 0.25) is 0 Å². The Hall–Kier alpha value is -1.84. The SMILES string of the molecule is Cc1[nH]cnc1-c1ccc(N)cn1. The van der Waals surface area contributed by atoms with Crippen LogP contribution >= 0.6 is 0 Å². The highest BCUT2D eigenvalue weighted by atomic mass is 14.9. The average molecular weight is 174 g/mol. The van der Waals surface area contributed by atoms with Gasteiger partial charge in [0, 0.05) is 5.69 Å². The third-order valence-corrected chi connectivity index (χ3v) is 1.86. The summed E-state index contributed by atoms with van der Waals surface area (Å²) in [4.78, 5) is 11.3. The Labute approximate surface area is 75.8 Å². The van der Waals surface area contributed by atoms with Crippen LogP contribution in [0.4, 0.5) is 5.69 Å². The van der Waals surface area contributed by atoms with Gasteiger partial charge >= 0.3 is 0 Å².